The molecule has 1 fully saturated rings. The SMILES string of the molecule is Cc1ncsc1-c1ccc(CNC(=O)[C@]2(CC3c4ccccc4-c4ccccc43)C[C@@H](OC(C)(C)C)CN2C(=O)O)c(O)c1. The van der Waals surface area contributed by atoms with E-state index in [4.69, 9.17) is 4.74 Å². The second kappa shape index (κ2) is 11.4. The third kappa shape index (κ3) is 5.46. The van der Waals surface area contributed by atoms with Crippen molar-refractivity contribution in [1.29, 1.82) is 0 Å². The van der Waals surface area contributed by atoms with Gasteiger partial charge >= 0.3 is 6.09 Å². The van der Waals surface area contributed by atoms with Crippen LogP contribution in [0, 0.1) is 6.92 Å². The van der Waals surface area contributed by atoms with Crippen LogP contribution in [0.3, 0.4) is 0 Å². The average Bonchev–Trinajstić information content (AvgIpc) is 3.66. The molecule has 8 nitrogen and oxygen atoms in total. The van der Waals surface area contributed by atoms with E-state index < -0.39 is 29.2 Å². The molecule has 0 bridgehead atoms. The number of benzene rings is 3. The van der Waals surface area contributed by atoms with E-state index in [1.165, 1.54) is 16.2 Å². The van der Waals surface area contributed by atoms with E-state index in [1.807, 2.05) is 58.0 Å². The van der Waals surface area contributed by atoms with Gasteiger partial charge < -0.3 is 20.3 Å². The number of nitrogens with one attached hydrogen (secondary N) is 1. The Kier molecular flexibility index (Phi) is 7.71. The Morgan fingerprint density at radius 3 is 2.30 bits per heavy atom. The van der Waals surface area contributed by atoms with Gasteiger partial charge in [0.25, 0.3) is 0 Å². The van der Waals surface area contributed by atoms with Crippen LogP contribution in [0.2, 0.25) is 0 Å². The number of hydrogen-bond donors (Lipinski definition) is 3. The van der Waals surface area contributed by atoms with Gasteiger partial charge in [-0.3, -0.25) is 9.69 Å². The van der Waals surface area contributed by atoms with E-state index in [2.05, 4.69) is 34.6 Å². The summed E-state index contributed by atoms with van der Waals surface area (Å²) in [4.78, 5) is 33.8. The molecule has 0 radical (unpaired) electrons. The first-order valence-electron chi connectivity index (χ1n) is 14.8. The minimum Gasteiger partial charge on any atom is -0.508 e. The van der Waals surface area contributed by atoms with Crippen molar-refractivity contribution in [3.8, 4) is 27.3 Å². The normalized spacial score (nSPS) is 19.5. The van der Waals surface area contributed by atoms with Gasteiger partial charge in [0, 0.05) is 24.4 Å². The second-order valence-corrected chi connectivity index (χ2v) is 13.6. The highest BCUT2D eigenvalue weighted by molar-refractivity contribution is 7.13. The molecule has 3 N–H and O–H groups in total. The number of aromatic hydroxyl groups is 1. The highest BCUT2D eigenvalue weighted by Gasteiger charge is 2.56. The lowest BCUT2D eigenvalue weighted by Gasteiger charge is -2.37. The number of aromatic nitrogens is 1. The van der Waals surface area contributed by atoms with Gasteiger partial charge in [-0.2, -0.15) is 0 Å². The molecule has 9 heteroatoms. The highest BCUT2D eigenvalue weighted by Crippen LogP contribution is 2.51. The Morgan fingerprint density at radius 1 is 1.07 bits per heavy atom. The number of phenolic OH excluding ortho intramolecular Hbond substituents is 1. The number of thiazole rings is 1. The number of carbonyl (C=O) groups excluding carboxylic acids is 1. The molecular weight excluding hydrogens is 574 g/mol. The van der Waals surface area contributed by atoms with Crippen LogP contribution in [0.5, 0.6) is 5.75 Å². The number of likely N-dealkylation sites (tertiary alicyclic amines) is 1. The zero-order chi connectivity index (χ0) is 31.2. The van der Waals surface area contributed by atoms with Crippen molar-refractivity contribution in [3.05, 3.63) is 94.6 Å². The third-order valence-corrected chi connectivity index (χ3v) is 9.66. The van der Waals surface area contributed by atoms with Gasteiger partial charge in [0.05, 0.1) is 34.3 Å². The summed E-state index contributed by atoms with van der Waals surface area (Å²) < 4.78 is 6.30. The van der Waals surface area contributed by atoms with E-state index in [1.54, 1.807) is 17.6 Å². The molecule has 4 aromatic rings. The van der Waals surface area contributed by atoms with Gasteiger partial charge in [0.1, 0.15) is 11.3 Å². The second-order valence-electron chi connectivity index (χ2n) is 12.7. The Hall–Kier alpha value is -4.21. The third-order valence-electron chi connectivity index (χ3n) is 8.68. The molecule has 2 heterocycles. The topological polar surface area (TPSA) is 112 Å². The monoisotopic (exact) mass is 611 g/mol. The molecule has 0 saturated carbocycles. The molecule has 1 aliphatic heterocycles. The predicted molar refractivity (Wildman–Crippen MR) is 171 cm³/mol. The van der Waals surface area contributed by atoms with E-state index >= 15 is 0 Å². The summed E-state index contributed by atoms with van der Waals surface area (Å²) in [5.74, 6) is -0.527. The molecule has 0 unspecified atom stereocenters. The van der Waals surface area contributed by atoms with Gasteiger partial charge in [-0.1, -0.05) is 60.7 Å². The lowest BCUT2D eigenvalue weighted by atomic mass is 9.79. The zero-order valence-corrected chi connectivity index (χ0v) is 26.1. The van der Waals surface area contributed by atoms with Crippen molar-refractivity contribution < 1.29 is 24.5 Å². The fourth-order valence-corrected chi connectivity index (χ4v) is 7.66. The number of ether oxygens (including phenoxy) is 1. The van der Waals surface area contributed by atoms with Crippen LogP contribution in [0.1, 0.15) is 61.9 Å². The van der Waals surface area contributed by atoms with E-state index in [-0.39, 0.29) is 37.6 Å². The number of aryl methyl sites for hydroxylation is 1. The van der Waals surface area contributed by atoms with E-state index in [0.717, 1.165) is 38.4 Å². The smallest absolute Gasteiger partial charge is 0.408 e. The lowest BCUT2D eigenvalue weighted by Crippen LogP contribution is -2.57. The van der Waals surface area contributed by atoms with Crippen LogP contribution >= 0.6 is 11.3 Å². The summed E-state index contributed by atoms with van der Waals surface area (Å²) in [5.41, 5.74) is 6.50. The van der Waals surface area contributed by atoms with Crippen molar-refractivity contribution in [2.24, 2.45) is 0 Å². The number of carboxylic acid groups (broad SMARTS) is 1. The highest BCUT2D eigenvalue weighted by atomic mass is 32.1. The molecule has 228 valence electrons. The zero-order valence-electron chi connectivity index (χ0n) is 25.3. The molecule has 1 aromatic heterocycles. The molecule has 1 aliphatic carbocycles. The Balaban J connectivity index is 1.34. The number of nitrogens with zero attached hydrogens (tertiary/aromatic N) is 2. The summed E-state index contributed by atoms with van der Waals surface area (Å²) in [5, 5.41) is 24.4. The molecule has 1 saturated heterocycles. The Morgan fingerprint density at radius 2 is 1.73 bits per heavy atom. The molecule has 6 rings (SSSR count). The predicted octanol–water partition coefficient (Wildman–Crippen LogP) is 6.95. The number of carbonyl (C=O) groups is 2. The quantitative estimate of drug-likeness (QED) is 0.209. The van der Waals surface area contributed by atoms with Crippen molar-refractivity contribution in [2.75, 3.05) is 6.54 Å². The summed E-state index contributed by atoms with van der Waals surface area (Å²) >= 11 is 1.50. The number of rotatable bonds is 7. The Labute approximate surface area is 261 Å². The summed E-state index contributed by atoms with van der Waals surface area (Å²) in [6.45, 7) is 7.85. The molecule has 2 amide bonds. The first kappa shape index (κ1) is 29.8. The fourth-order valence-electron chi connectivity index (χ4n) is 6.86. The van der Waals surface area contributed by atoms with E-state index in [9.17, 15) is 19.8 Å². The van der Waals surface area contributed by atoms with Gasteiger partial charge in [0.2, 0.25) is 5.91 Å². The van der Waals surface area contributed by atoms with Crippen LogP contribution in [-0.2, 0) is 16.1 Å². The van der Waals surface area contributed by atoms with Crippen LogP contribution < -0.4 is 5.32 Å². The van der Waals surface area contributed by atoms with Crippen LogP contribution in [0.15, 0.2) is 72.2 Å². The first-order valence-corrected chi connectivity index (χ1v) is 15.7. The number of phenols is 1. The van der Waals surface area contributed by atoms with Crippen molar-refractivity contribution >= 4 is 23.3 Å². The van der Waals surface area contributed by atoms with Crippen LogP contribution in [0.25, 0.3) is 21.6 Å². The minimum atomic E-state index is -1.40. The van der Waals surface area contributed by atoms with Gasteiger partial charge in [-0.05, 0) is 68.0 Å². The number of fused-ring (bicyclic) bond motifs is 3. The first-order chi connectivity index (χ1) is 21.0. The standard InChI is InChI=1S/C35H37N3O5S/c1-21-31(44-20-37-21)22-13-14-23(30(39)15-22)18-36-32(40)35(16-24(43-34(2,3)4)19-38(35)33(41)42)17-29-27-11-7-5-9-25(27)26-10-6-8-12-28(26)29/h5-15,20,24,29,39H,16-19H2,1-4H3,(H,36,40)(H,41,42)/t24-,35-/m1/s1. The van der Waals surface area contributed by atoms with Crippen molar-refractivity contribution in [2.45, 2.75) is 70.2 Å². The van der Waals surface area contributed by atoms with Gasteiger partial charge in [0.15, 0.2) is 0 Å². The maximum atomic E-state index is 14.4. The summed E-state index contributed by atoms with van der Waals surface area (Å²) in [6, 6.07) is 21.6. The van der Waals surface area contributed by atoms with Crippen LogP contribution in [0.4, 0.5) is 4.79 Å². The van der Waals surface area contributed by atoms with Crippen molar-refractivity contribution in [1.82, 2.24) is 15.2 Å². The van der Waals surface area contributed by atoms with Crippen LogP contribution in [-0.4, -0.2) is 55.9 Å². The number of hydrogen-bond acceptors (Lipinski definition) is 6. The lowest BCUT2D eigenvalue weighted by molar-refractivity contribution is -0.132. The minimum absolute atomic E-state index is 0.0461. The molecular formula is C35H37N3O5S. The maximum Gasteiger partial charge on any atom is 0.408 e. The average molecular weight is 612 g/mol. The Bertz CT molecular complexity index is 1680. The van der Waals surface area contributed by atoms with E-state index in [0.29, 0.717) is 5.56 Å². The number of amides is 2. The summed E-state index contributed by atoms with van der Waals surface area (Å²) in [7, 11) is 0. The van der Waals surface area contributed by atoms with Gasteiger partial charge in [-0.25, -0.2) is 9.78 Å². The molecule has 2 atom stereocenters. The maximum absolute atomic E-state index is 14.4. The fraction of sp³-hybridized carbons (Fsp3) is 0.343. The molecule has 44 heavy (non-hydrogen) atoms. The molecule has 2 aliphatic rings. The van der Waals surface area contributed by atoms with Crippen molar-refractivity contribution in [3.63, 3.8) is 0 Å². The summed E-state index contributed by atoms with van der Waals surface area (Å²) in [6.07, 6.45) is -1.14. The molecule has 0 spiro atoms. The molecule has 3 aromatic carbocycles. The van der Waals surface area contributed by atoms with Gasteiger partial charge in [-0.15, -0.1) is 11.3 Å². The largest absolute Gasteiger partial charge is 0.508 e.